The molecule has 17 heavy (non-hydrogen) atoms. The Hall–Kier alpha value is -1.35. The summed E-state index contributed by atoms with van der Waals surface area (Å²) < 4.78 is 5.41. The molecule has 1 aliphatic heterocycles. The summed E-state index contributed by atoms with van der Waals surface area (Å²) in [5, 5.41) is 9.28. The van der Waals surface area contributed by atoms with Gasteiger partial charge in [0, 0.05) is 17.9 Å². The van der Waals surface area contributed by atoms with Gasteiger partial charge in [0.25, 0.3) is 0 Å². The van der Waals surface area contributed by atoms with E-state index in [9.17, 15) is 9.90 Å². The fourth-order valence-corrected chi connectivity index (χ4v) is 2.15. The number of hydrogen-bond acceptors (Lipinski definition) is 3. The first-order valence-corrected chi connectivity index (χ1v) is 6.04. The van der Waals surface area contributed by atoms with E-state index in [4.69, 9.17) is 4.74 Å². The molecule has 0 aliphatic carbocycles. The van der Waals surface area contributed by atoms with E-state index in [-0.39, 0.29) is 24.2 Å². The zero-order valence-electron chi connectivity index (χ0n) is 10.3. The predicted octanol–water partition coefficient (Wildman–Crippen LogP) is 2.07. The van der Waals surface area contributed by atoms with Crippen molar-refractivity contribution in [2.75, 3.05) is 13.2 Å². The molecule has 0 bridgehead atoms. The molecule has 0 aromatic heterocycles. The molecule has 1 aromatic rings. The normalized spacial score (nSPS) is 15.5. The van der Waals surface area contributed by atoms with Gasteiger partial charge in [-0.2, -0.15) is 0 Å². The van der Waals surface area contributed by atoms with Crippen molar-refractivity contribution in [3.05, 3.63) is 29.3 Å². The van der Waals surface area contributed by atoms with Crippen LogP contribution in [0.4, 0.5) is 0 Å². The van der Waals surface area contributed by atoms with E-state index in [2.05, 4.69) is 0 Å². The van der Waals surface area contributed by atoms with Crippen molar-refractivity contribution in [2.24, 2.45) is 11.8 Å². The third-order valence-electron chi connectivity index (χ3n) is 3.31. The van der Waals surface area contributed by atoms with Crippen molar-refractivity contribution in [2.45, 2.75) is 20.3 Å². The van der Waals surface area contributed by atoms with Crippen molar-refractivity contribution in [1.82, 2.24) is 0 Å². The zero-order valence-corrected chi connectivity index (χ0v) is 10.3. The summed E-state index contributed by atoms with van der Waals surface area (Å²) in [6, 6.07) is 5.54. The number of hydrogen-bond donors (Lipinski definition) is 1. The Kier molecular flexibility index (Phi) is 3.48. The van der Waals surface area contributed by atoms with Crippen LogP contribution >= 0.6 is 0 Å². The number of Topliss-reactive ketones (excluding diaryl/α,β-unsaturated/α-hetero) is 1. The molecular weight excluding hydrogens is 216 g/mol. The van der Waals surface area contributed by atoms with Crippen LogP contribution in [0.1, 0.15) is 29.8 Å². The first-order valence-electron chi connectivity index (χ1n) is 6.04. The van der Waals surface area contributed by atoms with Crippen LogP contribution in [-0.4, -0.2) is 24.1 Å². The first kappa shape index (κ1) is 12.1. The molecule has 92 valence electrons. The summed E-state index contributed by atoms with van der Waals surface area (Å²) >= 11 is 0. The van der Waals surface area contributed by atoms with Gasteiger partial charge in [0.05, 0.1) is 13.2 Å². The average Bonchev–Trinajstić information content (AvgIpc) is 2.75. The lowest BCUT2D eigenvalue weighted by atomic mass is 9.88. The second-order valence-corrected chi connectivity index (χ2v) is 4.82. The predicted molar refractivity (Wildman–Crippen MR) is 65.4 cm³/mol. The minimum atomic E-state index is -0.310. The highest BCUT2D eigenvalue weighted by Gasteiger charge is 2.24. The molecule has 0 amide bonds. The maximum Gasteiger partial charge on any atom is 0.168 e. The highest BCUT2D eigenvalue weighted by molar-refractivity contribution is 5.98. The van der Waals surface area contributed by atoms with E-state index >= 15 is 0 Å². The van der Waals surface area contributed by atoms with Gasteiger partial charge in [-0.1, -0.05) is 13.8 Å². The number of carbonyl (C=O) groups excluding carboxylic acids is 1. The Labute approximate surface area is 101 Å². The molecule has 0 radical (unpaired) electrons. The van der Waals surface area contributed by atoms with Crippen LogP contribution in [0.15, 0.2) is 18.2 Å². The topological polar surface area (TPSA) is 46.5 Å². The minimum Gasteiger partial charge on any atom is -0.493 e. The first-order chi connectivity index (χ1) is 8.13. The zero-order chi connectivity index (χ0) is 12.4. The molecule has 1 unspecified atom stereocenters. The second kappa shape index (κ2) is 4.88. The second-order valence-electron chi connectivity index (χ2n) is 4.82. The Balaban J connectivity index is 2.25. The number of aliphatic hydroxyl groups excluding tert-OH is 1. The summed E-state index contributed by atoms with van der Waals surface area (Å²) in [4.78, 5) is 12.2. The van der Waals surface area contributed by atoms with Gasteiger partial charge in [-0.15, -0.1) is 0 Å². The number of benzene rings is 1. The van der Waals surface area contributed by atoms with E-state index in [0.717, 1.165) is 17.7 Å². The quantitative estimate of drug-likeness (QED) is 0.811. The van der Waals surface area contributed by atoms with Gasteiger partial charge >= 0.3 is 0 Å². The maximum atomic E-state index is 12.2. The molecule has 0 saturated carbocycles. The van der Waals surface area contributed by atoms with Gasteiger partial charge in [-0.05, 0) is 29.7 Å². The minimum absolute atomic E-state index is 0.0252. The molecule has 3 nitrogen and oxygen atoms in total. The van der Waals surface area contributed by atoms with Crippen molar-refractivity contribution < 1.29 is 14.6 Å². The lowest BCUT2D eigenvalue weighted by molar-refractivity contribution is 0.0806. The molecule has 1 aliphatic rings. The van der Waals surface area contributed by atoms with Gasteiger partial charge in [-0.25, -0.2) is 0 Å². The Bertz CT molecular complexity index is 423. The van der Waals surface area contributed by atoms with Crippen LogP contribution in [0.3, 0.4) is 0 Å². The summed E-state index contributed by atoms with van der Waals surface area (Å²) in [6.07, 6.45) is 0.863. The van der Waals surface area contributed by atoms with Crippen molar-refractivity contribution in [3.8, 4) is 5.75 Å². The largest absolute Gasteiger partial charge is 0.493 e. The monoisotopic (exact) mass is 234 g/mol. The van der Waals surface area contributed by atoms with Gasteiger partial charge in [0.1, 0.15) is 5.75 Å². The van der Waals surface area contributed by atoms with Gasteiger partial charge in [-0.3, -0.25) is 4.79 Å². The molecule has 1 heterocycles. The lowest BCUT2D eigenvalue weighted by Gasteiger charge is -2.17. The van der Waals surface area contributed by atoms with Crippen LogP contribution in [0.2, 0.25) is 0 Å². The highest BCUT2D eigenvalue weighted by atomic mass is 16.5. The number of ether oxygens (including phenoxy) is 1. The third-order valence-corrected chi connectivity index (χ3v) is 3.31. The standard InChI is InChI=1S/C14H18O3/c1-9(2)12(8-15)14(16)11-3-4-13-10(7-11)5-6-17-13/h3-4,7,9,12,15H,5-6,8H2,1-2H3. The van der Waals surface area contributed by atoms with E-state index in [0.29, 0.717) is 12.2 Å². The van der Waals surface area contributed by atoms with Crippen LogP contribution in [0.25, 0.3) is 0 Å². The summed E-state index contributed by atoms with van der Waals surface area (Å²) in [6.45, 7) is 4.51. The Morgan fingerprint density at radius 3 is 2.88 bits per heavy atom. The lowest BCUT2D eigenvalue weighted by Crippen LogP contribution is -2.24. The number of aliphatic hydroxyl groups is 1. The van der Waals surface area contributed by atoms with Crippen molar-refractivity contribution in [3.63, 3.8) is 0 Å². The molecule has 2 rings (SSSR count). The molecule has 3 heteroatoms. The molecule has 1 atom stereocenters. The third kappa shape index (κ3) is 2.34. The van der Waals surface area contributed by atoms with Crippen LogP contribution in [0.5, 0.6) is 5.75 Å². The molecule has 1 N–H and O–H groups in total. The molecule has 0 saturated heterocycles. The smallest absolute Gasteiger partial charge is 0.168 e. The summed E-state index contributed by atoms with van der Waals surface area (Å²) in [5.74, 6) is 0.747. The summed E-state index contributed by atoms with van der Waals surface area (Å²) in [5.41, 5.74) is 1.78. The van der Waals surface area contributed by atoms with Crippen molar-refractivity contribution >= 4 is 5.78 Å². The van der Waals surface area contributed by atoms with E-state index in [1.807, 2.05) is 26.0 Å². The fraction of sp³-hybridized carbons (Fsp3) is 0.500. The van der Waals surface area contributed by atoms with Gasteiger partial charge in [0.15, 0.2) is 5.78 Å². The Morgan fingerprint density at radius 1 is 1.47 bits per heavy atom. The molecule has 1 aromatic carbocycles. The fourth-order valence-electron chi connectivity index (χ4n) is 2.15. The van der Waals surface area contributed by atoms with Crippen LogP contribution in [-0.2, 0) is 6.42 Å². The van der Waals surface area contributed by atoms with E-state index in [1.54, 1.807) is 6.07 Å². The van der Waals surface area contributed by atoms with E-state index in [1.165, 1.54) is 0 Å². The maximum absolute atomic E-state index is 12.2. The SMILES string of the molecule is CC(C)C(CO)C(=O)c1ccc2c(c1)CCO2. The van der Waals surface area contributed by atoms with Gasteiger partial charge in [0.2, 0.25) is 0 Å². The molecule has 0 spiro atoms. The van der Waals surface area contributed by atoms with E-state index < -0.39 is 0 Å². The van der Waals surface area contributed by atoms with Crippen LogP contribution in [0, 0.1) is 11.8 Å². The van der Waals surface area contributed by atoms with Crippen molar-refractivity contribution in [1.29, 1.82) is 0 Å². The van der Waals surface area contributed by atoms with Crippen LogP contribution < -0.4 is 4.74 Å². The number of ketones is 1. The summed E-state index contributed by atoms with van der Waals surface area (Å²) in [7, 11) is 0. The Morgan fingerprint density at radius 2 is 2.24 bits per heavy atom. The molecule has 0 fully saturated rings. The number of carbonyl (C=O) groups is 1. The average molecular weight is 234 g/mol. The van der Waals surface area contributed by atoms with Gasteiger partial charge < -0.3 is 9.84 Å². The number of rotatable bonds is 4. The number of fused-ring (bicyclic) bond motifs is 1. The highest BCUT2D eigenvalue weighted by Crippen LogP contribution is 2.27. The molecular formula is C14H18O3.